The molecular weight excluding hydrogens is 166 g/mol. The molecule has 1 aliphatic carbocycles. The van der Waals surface area contributed by atoms with Gasteiger partial charge in [0.1, 0.15) is 5.54 Å². The van der Waals surface area contributed by atoms with Crippen LogP contribution in [-0.2, 0) is 4.79 Å². The molecule has 76 valence electrons. The highest BCUT2D eigenvalue weighted by molar-refractivity contribution is 5.78. The lowest BCUT2D eigenvalue weighted by molar-refractivity contribution is -0.147. The predicted octanol–water partition coefficient (Wildman–Crippen LogP) is 1.61. The first-order valence-corrected chi connectivity index (χ1v) is 4.77. The van der Waals surface area contributed by atoms with Crippen LogP contribution in [0.1, 0.15) is 40.0 Å². The van der Waals surface area contributed by atoms with Crippen molar-refractivity contribution >= 4 is 5.97 Å². The highest BCUT2D eigenvalue weighted by Gasteiger charge is 2.45. The number of carbonyl (C=O) groups is 1. The third kappa shape index (κ3) is 2.21. The van der Waals surface area contributed by atoms with Crippen LogP contribution in [0.3, 0.4) is 0 Å². The Hall–Kier alpha value is -0.570. The standard InChI is InChI=1S/C10H19NO2/c1-7-4-9(2,3)6-10(11,5-7)8(12)13/h7H,4-6,11H2,1-3H3,(H,12,13). The van der Waals surface area contributed by atoms with Gasteiger partial charge in [-0.1, -0.05) is 20.8 Å². The summed E-state index contributed by atoms with van der Waals surface area (Å²) >= 11 is 0. The molecule has 1 aliphatic rings. The van der Waals surface area contributed by atoms with Crippen LogP contribution in [0.5, 0.6) is 0 Å². The summed E-state index contributed by atoms with van der Waals surface area (Å²) in [4.78, 5) is 11.0. The minimum atomic E-state index is -0.999. The molecule has 0 bridgehead atoms. The molecule has 0 aromatic rings. The summed E-state index contributed by atoms with van der Waals surface area (Å²) in [7, 11) is 0. The fraction of sp³-hybridized carbons (Fsp3) is 0.900. The fourth-order valence-corrected chi connectivity index (χ4v) is 2.80. The molecule has 0 aliphatic heterocycles. The van der Waals surface area contributed by atoms with Crippen LogP contribution in [0, 0.1) is 11.3 Å². The minimum absolute atomic E-state index is 0.0603. The molecule has 0 amide bonds. The van der Waals surface area contributed by atoms with E-state index in [0.717, 1.165) is 6.42 Å². The maximum atomic E-state index is 11.0. The largest absolute Gasteiger partial charge is 0.480 e. The number of carboxylic acid groups (broad SMARTS) is 1. The zero-order valence-corrected chi connectivity index (χ0v) is 8.63. The second kappa shape index (κ2) is 2.98. The molecule has 3 heteroatoms. The molecule has 2 atom stereocenters. The molecule has 1 saturated carbocycles. The quantitative estimate of drug-likeness (QED) is 0.652. The van der Waals surface area contributed by atoms with Crippen LogP contribution in [0.2, 0.25) is 0 Å². The van der Waals surface area contributed by atoms with E-state index < -0.39 is 11.5 Å². The molecule has 0 aromatic heterocycles. The van der Waals surface area contributed by atoms with Crippen LogP contribution in [0.4, 0.5) is 0 Å². The Morgan fingerprint density at radius 1 is 1.46 bits per heavy atom. The van der Waals surface area contributed by atoms with Gasteiger partial charge in [-0.25, -0.2) is 0 Å². The van der Waals surface area contributed by atoms with E-state index in [-0.39, 0.29) is 5.41 Å². The molecule has 0 spiro atoms. The lowest BCUT2D eigenvalue weighted by Crippen LogP contribution is -2.54. The van der Waals surface area contributed by atoms with Crippen molar-refractivity contribution in [3.63, 3.8) is 0 Å². The Labute approximate surface area is 79.3 Å². The lowest BCUT2D eigenvalue weighted by Gasteiger charge is -2.42. The molecule has 3 nitrogen and oxygen atoms in total. The van der Waals surface area contributed by atoms with Crippen molar-refractivity contribution in [3.8, 4) is 0 Å². The molecule has 0 saturated heterocycles. The number of hydrogen-bond acceptors (Lipinski definition) is 2. The number of carboxylic acids is 1. The summed E-state index contributed by atoms with van der Waals surface area (Å²) in [5.74, 6) is -0.447. The van der Waals surface area contributed by atoms with Gasteiger partial charge in [0, 0.05) is 0 Å². The van der Waals surface area contributed by atoms with Gasteiger partial charge in [-0.15, -0.1) is 0 Å². The second-order valence-electron chi connectivity index (χ2n) is 5.32. The lowest BCUT2D eigenvalue weighted by atomic mass is 9.65. The summed E-state index contributed by atoms with van der Waals surface area (Å²) in [5, 5.41) is 9.02. The molecule has 3 N–H and O–H groups in total. The molecule has 0 radical (unpaired) electrons. The van der Waals surface area contributed by atoms with Crippen LogP contribution < -0.4 is 5.73 Å². The van der Waals surface area contributed by atoms with Crippen molar-refractivity contribution < 1.29 is 9.90 Å². The van der Waals surface area contributed by atoms with Crippen molar-refractivity contribution in [2.75, 3.05) is 0 Å². The normalized spacial score (nSPS) is 38.6. The number of hydrogen-bond donors (Lipinski definition) is 2. The molecule has 13 heavy (non-hydrogen) atoms. The summed E-state index contributed by atoms with van der Waals surface area (Å²) in [6, 6.07) is 0. The van der Waals surface area contributed by atoms with Gasteiger partial charge in [0.05, 0.1) is 0 Å². The van der Waals surface area contributed by atoms with Gasteiger partial charge in [-0.3, -0.25) is 4.79 Å². The SMILES string of the molecule is CC1CC(C)(C)CC(N)(C(=O)O)C1. The summed E-state index contributed by atoms with van der Waals surface area (Å²) < 4.78 is 0. The Bertz CT molecular complexity index is 225. The third-order valence-corrected chi connectivity index (χ3v) is 2.83. The average Bonchev–Trinajstić information content (AvgIpc) is 1.79. The van der Waals surface area contributed by atoms with E-state index in [1.54, 1.807) is 0 Å². The number of aliphatic carboxylic acids is 1. The van der Waals surface area contributed by atoms with Crippen LogP contribution in [-0.4, -0.2) is 16.6 Å². The van der Waals surface area contributed by atoms with Crippen molar-refractivity contribution in [1.29, 1.82) is 0 Å². The molecule has 0 heterocycles. The fourth-order valence-electron chi connectivity index (χ4n) is 2.80. The highest BCUT2D eigenvalue weighted by atomic mass is 16.4. The zero-order chi connectivity index (χ0) is 10.3. The van der Waals surface area contributed by atoms with E-state index >= 15 is 0 Å². The smallest absolute Gasteiger partial charge is 0.323 e. The van der Waals surface area contributed by atoms with E-state index in [1.807, 2.05) is 0 Å². The average molecular weight is 185 g/mol. The third-order valence-electron chi connectivity index (χ3n) is 2.83. The molecular formula is C10H19NO2. The topological polar surface area (TPSA) is 63.3 Å². The molecule has 2 unspecified atom stereocenters. The van der Waals surface area contributed by atoms with Crippen LogP contribution in [0.25, 0.3) is 0 Å². The van der Waals surface area contributed by atoms with Crippen LogP contribution in [0.15, 0.2) is 0 Å². The number of nitrogens with two attached hydrogens (primary N) is 1. The van der Waals surface area contributed by atoms with E-state index in [1.165, 1.54) is 0 Å². The maximum Gasteiger partial charge on any atom is 0.323 e. The monoisotopic (exact) mass is 185 g/mol. The molecule has 1 rings (SSSR count). The predicted molar refractivity (Wildman–Crippen MR) is 51.4 cm³/mol. The van der Waals surface area contributed by atoms with Gasteiger partial charge in [-0.2, -0.15) is 0 Å². The van der Waals surface area contributed by atoms with Gasteiger partial charge < -0.3 is 10.8 Å². The van der Waals surface area contributed by atoms with E-state index in [0.29, 0.717) is 18.8 Å². The first-order valence-electron chi connectivity index (χ1n) is 4.77. The Morgan fingerprint density at radius 2 is 2.00 bits per heavy atom. The number of rotatable bonds is 1. The van der Waals surface area contributed by atoms with Crippen molar-refractivity contribution in [1.82, 2.24) is 0 Å². The Kier molecular flexibility index (Phi) is 2.41. The van der Waals surface area contributed by atoms with Gasteiger partial charge in [0.25, 0.3) is 0 Å². The van der Waals surface area contributed by atoms with Crippen molar-refractivity contribution in [2.45, 2.75) is 45.6 Å². The first kappa shape index (κ1) is 10.5. The van der Waals surface area contributed by atoms with Crippen LogP contribution >= 0.6 is 0 Å². The molecule has 0 aromatic carbocycles. The van der Waals surface area contributed by atoms with Gasteiger partial charge in [0.15, 0.2) is 0 Å². The van der Waals surface area contributed by atoms with E-state index in [9.17, 15) is 4.79 Å². The minimum Gasteiger partial charge on any atom is -0.480 e. The van der Waals surface area contributed by atoms with E-state index in [4.69, 9.17) is 10.8 Å². The summed E-state index contributed by atoms with van der Waals surface area (Å²) in [6.45, 7) is 6.26. The van der Waals surface area contributed by atoms with Crippen molar-refractivity contribution in [2.24, 2.45) is 17.1 Å². The Balaban J connectivity index is 2.84. The van der Waals surface area contributed by atoms with Crippen molar-refractivity contribution in [3.05, 3.63) is 0 Å². The second-order valence-corrected chi connectivity index (χ2v) is 5.32. The van der Waals surface area contributed by atoms with Gasteiger partial charge in [-0.05, 0) is 30.6 Å². The first-order chi connectivity index (χ1) is 5.75. The maximum absolute atomic E-state index is 11.0. The highest BCUT2D eigenvalue weighted by Crippen LogP contribution is 2.42. The molecule has 1 fully saturated rings. The summed E-state index contributed by atoms with van der Waals surface area (Å²) in [6.07, 6.45) is 2.25. The van der Waals surface area contributed by atoms with Gasteiger partial charge in [0.2, 0.25) is 0 Å². The summed E-state index contributed by atoms with van der Waals surface area (Å²) in [5.41, 5.74) is 4.93. The zero-order valence-electron chi connectivity index (χ0n) is 8.63. The Morgan fingerprint density at radius 3 is 2.38 bits per heavy atom. The van der Waals surface area contributed by atoms with Gasteiger partial charge >= 0.3 is 5.97 Å². The van der Waals surface area contributed by atoms with E-state index in [2.05, 4.69) is 20.8 Å².